The molecule has 0 spiro atoms. The van der Waals surface area contributed by atoms with Crippen molar-refractivity contribution in [2.24, 2.45) is 0 Å². The number of benzene rings is 1. The van der Waals surface area contributed by atoms with Crippen LogP contribution in [0.15, 0.2) is 18.2 Å². The molecule has 1 N–H and O–H groups in total. The predicted molar refractivity (Wildman–Crippen MR) is 69.3 cm³/mol. The van der Waals surface area contributed by atoms with E-state index in [9.17, 15) is 18.0 Å². The quantitative estimate of drug-likeness (QED) is 0.869. The molecular formula is C13H13ClF3NO3. The minimum atomic E-state index is -4.47. The molecule has 0 aliphatic carbocycles. The fourth-order valence-electron chi connectivity index (χ4n) is 2.06. The summed E-state index contributed by atoms with van der Waals surface area (Å²) < 4.78 is 48.0. The number of hydrogen-bond acceptors (Lipinski definition) is 4. The number of esters is 1. The number of carbonyl (C=O) groups is 1. The maximum absolute atomic E-state index is 12.7. The molecule has 0 unspecified atom stereocenters. The van der Waals surface area contributed by atoms with E-state index >= 15 is 0 Å². The Bertz CT molecular complexity index is 536. The Morgan fingerprint density at radius 2 is 2.14 bits per heavy atom. The second kappa shape index (κ2) is 6.11. The van der Waals surface area contributed by atoms with Gasteiger partial charge in [0, 0.05) is 13.0 Å². The first-order valence-electron chi connectivity index (χ1n) is 6.16. The third kappa shape index (κ3) is 3.79. The van der Waals surface area contributed by atoms with Crippen molar-refractivity contribution in [2.75, 3.05) is 13.7 Å². The van der Waals surface area contributed by atoms with Gasteiger partial charge >= 0.3 is 12.1 Å². The Morgan fingerprint density at radius 3 is 2.76 bits per heavy atom. The minimum absolute atomic E-state index is 0.0520. The van der Waals surface area contributed by atoms with Crippen LogP contribution in [0.2, 0.25) is 5.02 Å². The van der Waals surface area contributed by atoms with Crippen molar-refractivity contribution < 1.29 is 27.4 Å². The first kappa shape index (κ1) is 15.9. The van der Waals surface area contributed by atoms with E-state index in [4.69, 9.17) is 16.3 Å². The molecule has 8 heteroatoms. The maximum atomic E-state index is 12.7. The number of hydrogen-bond donors (Lipinski definition) is 1. The van der Waals surface area contributed by atoms with Gasteiger partial charge in [-0.1, -0.05) is 11.6 Å². The molecule has 4 nitrogen and oxygen atoms in total. The van der Waals surface area contributed by atoms with Crippen molar-refractivity contribution in [3.63, 3.8) is 0 Å². The van der Waals surface area contributed by atoms with E-state index in [1.54, 1.807) is 0 Å². The lowest BCUT2D eigenvalue weighted by molar-refractivity contribution is -0.142. The monoisotopic (exact) mass is 323 g/mol. The van der Waals surface area contributed by atoms with E-state index in [1.165, 1.54) is 7.11 Å². The Kier molecular flexibility index (Phi) is 4.63. The topological polar surface area (TPSA) is 47.6 Å². The normalized spacial score (nSPS) is 22.1. The molecule has 1 heterocycles. The van der Waals surface area contributed by atoms with Crippen LogP contribution in [0.25, 0.3) is 0 Å². The number of halogens is 4. The maximum Gasteiger partial charge on any atom is 0.416 e. The van der Waals surface area contributed by atoms with E-state index < -0.39 is 29.9 Å². The van der Waals surface area contributed by atoms with Crippen molar-refractivity contribution in [3.8, 4) is 5.75 Å². The lowest BCUT2D eigenvalue weighted by Crippen LogP contribution is -2.31. The molecule has 1 saturated heterocycles. The molecule has 2 rings (SSSR count). The number of nitrogens with one attached hydrogen (secondary N) is 1. The van der Waals surface area contributed by atoms with Crippen LogP contribution in [0.3, 0.4) is 0 Å². The molecule has 1 aliphatic heterocycles. The van der Waals surface area contributed by atoms with Crippen LogP contribution < -0.4 is 10.1 Å². The highest BCUT2D eigenvalue weighted by Crippen LogP contribution is 2.35. The molecule has 116 valence electrons. The van der Waals surface area contributed by atoms with Crippen molar-refractivity contribution in [1.29, 1.82) is 0 Å². The standard InChI is InChI=1S/C13H13ClF3NO3/c1-20-12(19)10-5-8(6-18-10)21-11-4-7(13(15,16)17)2-3-9(11)14/h2-4,8,10,18H,5-6H2,1H3/t8-,10-/m0/s1. The molecule has 0 amide bonds. The third-order valence-corrected chi connectivity index (χ3v) is 3.44. The zero-order valence-corrected chi connectivity index (χ0v) is 11.8. The zero-order valence-electron chi connectivity index (χ0n) is 11.0. The van der Waals surface area contributed by atoms with E-state index in [2.05, 4.69) is 10.1 Å². The van der Waals surface area contributed by atoms with Crippen LogP contribution in [0.4, 0.5) is 13.2 Å². The third-order valence-electron chi connectivity index (χ3n) is 3.13. The van der Waals surface area contributed by atoms with Gasteiger partial charge in [0.1, 0.15) is 17.9 Å². The molecule has 0 bridgehead atoms. The van der Waals surface area contributed by atoms with Gasteiger partial charge in [-0.25, -0.2) is 0 Å². The molecule has 1 aliphatic rings. The minimum Gasteiger partial charge on any atom is -0.487 e. The fourth-order valence-corrected chi connectivity index (χ4v) is 2.23. The first-order valence-corrected chi connectivity index (χ1v) is 6.53. The van der Waals surface area contributed by atoms with Gasteiger partial charge in [-0.2, -0.15) is 13.2 Å². The Morgan fingerprint density at radius 1 is 1.43 bits per heavy atom. The number of methoxy groups -OCH3 is 1. The summed E-state index contributed by atoms with van der Waals surface area (Å²) in [5, 5.41) is 2.96. The van der Waals surface area contributed by atoms with Gasteiger partial charge in [-0.15, -0.1) is 0 Å². The molecular weight excluding hydrogens is 311 g/mol. The van der Waals surface area contributed by atoms with Crippen molar-refractivity contribution in [3.05, 3.63) is 28.8 Å². The molecule has 21 heavy (non-hydrogen) atoms. The second-order valence-electron chi connectivity index (χ2n) is 4.60. The van der Waals surface area contributed by atoms with Gasteiger partial charge in [0.15, 0.2) is 0 Å². The zero-order chi connectivity index (χ0) is 15.6. The summed E-state index contributed by atoms with van der Waals surface area (Å²) in [4.78, 5) is 11.3. The van der Waals surface area contributed by atoms with Crippen molar-refractivity contribution >= 4 is 17.6 Å². The highest BCUT2D eigenvalue weighted by molar-refractivity contribution is 6.32. The Hall–Kier alpha value is -1.47. The smallest absolute Gasteiger partial charge is 0.416 e. The summed E-state index contributed by atoms with van der Waals surface area (Å²) in [6.07, 6.45) is -4.61. The van der Waals surface area contributed by atoms with Crippen LogP contribution in [0.1, 0.15) is 12.0 Å². The molecule has 2 atom stereocenters. The summed E-state index contributed by atoms with van der Waals surface area (Å²) in [6, 6.07) is 2.36. The van der Waals surface area contributed by atoms with Crippen LogP contribution in [0, 0.1) is 0 Å². The van der Waals surface area contributed by atoms with Gasteiger partial charge < -0.3 is 14.8 Å². The molecule has 1 aromatic carbocycles. The van der Waals surface area contributed by atoms with Crippen LogP contribution in [-0.2, 0) is 15.7 Å². The highest BCUT2D eigenvalue weighted by Gasteiger charge is 2.34. The summed E-state index contributed by atoms with van der Waals surface area (Å²) in [5.74, 6) is -0.486. The second-order valence-corrected chi connectivity index (χ2v) is 5.01. The van der Waals surface area contributed by atoms with Gasteiger partial charge in [-0.3, -0.25) is 4.79 Å². The Balaban J connectivity index is 2.08. The average Bonchev–Trinajstić information content (AvgIpc) is 2.87. The van der Waals surface area contributed by atoms with Gasteiger partial charge in [-0.05, 0) is 18.2 Å². The van der Waals surface area contributed by atoms with Crippen molar-refractivity contribution in [2.45, 2.75) is 24.7 Å². The van der Waals surface area contributed by atoms with Gasteiger partial charge in [0.25, 0.3) is 0 Å². The Labute approximate surface area is 124 Å². The van der Waals surface area contributed by atoms with Gasteiger partial charge in [0.2, 0.25) is 0 Å². The number of carbonyl (C=O) groups excluding carboxylic acids is 1. The van der Waals surface area contributed by atoms with E-state index in [-0.39, 0.29) is 10.8 Å². The number of rotatable bonds is 3. The summed E-state index contributed by atoms with van der Waals surface area (Å²) >= 11 is 5.85. The molecule has 1 fully saturated rings. The van der Waals surface area contributed by atoms with Crippen LogP contribution >= 0.6 is 11.6 Å². The van der Waals surface area contributed by atoms with Crippen LogP contribution in [0.5, 0.6) is 5.75 Å². The number of alkyl halides is 3. The number of ether oxygens (including phenoxy) is 2. The van der Waals surface area contributed by atoms with E-state index in [0.29, 0.717) is 13.0 Å². The SMILES string of the molecule is COC(=O)[C@@H]1C[C@H](Oc2cc(C(F)(F)F)ccc2Cl)CN1. The molecule has 0 aromatic heterocycles. The van der Waals surface area contributed by atoms with Crippen LogP contribution in [-0.4, -0.2) is 31.8 Å². The lowest BCUT2D eigenvalue weighted by atomic mass is 10.2. The molecule has 1 aromatic rings. The van der Waals surface area contributed by atoms with E-state index in [1.807, 2.05) is 0 Å². The largest absolute Gasteiger partial charge is 0.487 e. The summed E-state index contributed by atoms with van der Waals surface area (Å²) in [5.41, 5.74) is -0.836. The molecule has 0 radical (unpaired) electrons. The highest BCUT2D eigenvalue weighted by atomic mass is 35.5. The molecule has 0 saturated carbocycles. The van der Waals surface area contributed by atoms with Gasteiger partial charge in [0.05, 0.1) is 17.7 Å². The van der Waals surface area contributed by atoms with Crippen molar-refractivity contribution in [1.82, 2.24) is 5.32 Å². The first-order chi connectivity index (χ1) is 9.81. The average molecular weight is 324 g/mol. The summed E-state index contributed by atoms with van der Waals surface area (Å²) in [7, 11) is 1.27. The lowest BCUT2D eigenvalue weighted by Gasteiger charge is -2.16. The van der Waals surface area contributed by atoms with E-state index in [0.717, 1.165) is 18.2 Å². The predicted octanol–water partition coefficient (Wildman–Crippen LogP) is 2.64. The fraction of sp³-hybridized carbons (Fsp3) is 0.462. The summed E-state index contributed by atoms with van der Waals surface area (Å²) in [6.45, 7) is 0.326.